The summed E-state index contributed by atoms with van der Waals surface area (Å²) in [6.45, 7) is 1.93. The number of ether oxygens (including phenoxy) is 2. The molecule has 0 saturated heterocycles. The standard InChI is InChI=1S/C8H7ClNO3/c1-2-12-8(11)13-7-5-3-4-6(9)10-7/h4-5H,2H2,1H3. The Morgan fingerprint density at radius 2 is 2.46 bits per heavy atom. The van der Waals surface area contributed by atoms with Gasteiger partial charge in [0.1, 0.15) is 5.15 Å². The molecular weight excluding hydrogens is 194 g/mol. The molecule has 5 heteroatoms. The van der Waals surface area contributed by atoms with Gasteiger partial charge in [-0.1, -0.05) is 11.6 Å². The van der Waals surface area contributed by atoms with Crippen molar-refractivity contribution in [3.8, 4) is 5.88 Å². The van der Waals surface area contributed by atoms with Crippen molar-refractivity contribution in [1.29, 1.82) is 0 Å². The first kappa shape index (κ1) is 9.80. The molecule has 0 spiro atoms. The summed E-state index contributed by atoms with van der Waals surface area (Å²) >= 11 is 5.53. The zero-order valence-electron chi connectivity index (χ0n) is 6.91. The molecule has 0 saturated carbocycles. The van der Waals surface area contributed by atoms with Crippen molar-refractivity contribution in [2.45, 2.75) is 6.92 Å². The average molecular weight is 201 g/mol. The molecule has 1 rings (SSSR count). The van der Waals surface area contributed by atoms with Crippen LogP contribution in [0.4, 0.5) is 4.79 Å². The van der Waals surface area contributed by atoms with Gasteiger partial charge >= 0.3 is 6.16 Å². The molecule has 0 aromatic carbocycles. The van der Waals surface area contributed by atoms with Gasteiger partial charge in [-0.2, -0.15) is 0 Å². The number of rotatable bonds is 2. The summed E-state index contributed by atoms with van der Waals surface area (Å²) in [5, 5.41) is 0.210. The van der Waals surface area contributed by atoms with Crippen molar-refractivity contribution < 1.29 is 14.3 Å². The van der Waals surface area contributed by atoms with Gasteiger partial charge in [0.15, 0.2) is 0 Å². The van der Waals surface area contributed by atoms with E-state index in [2.05, 4.69) is 20.5 Å². The molecule has 13 heavy (non-hydrogen) atoms. The summed E-state index contributed by atoms with van der Waals surface area (Å²) in [7, 11) is 0. The molecule has 1 aromatic heterocycles. The van der Waals surface area contributed by atoms with Crippen molar-refractivity contribution in [2.24, 2.45) is 0 Å². The van der Waals surface area contributed by atoms with E-state index in [0.29, 0.717) is 0 Å². The summed E-state index contributed by atoms with van der Waals surface area (Å²) in [6.07, 6.45) is -0.800. The Kier molecular flexibility index (Phi) is 3.52. The molecule has 1 heterocycles. The number of hydrogen-bond acceptors (Lipinski definition) is 4. The Labute approximate surface area is 80.4 Å². The highest BCUT2D eigenvalue weighted by molar-refractivity contribution is 6.29. The van der Waals surface area contributed by atoms with Crippen LogP contribution in [0.3, 0.4) is 0 Å². The highest BCUT2D eigenvalue weighted by atomic mass is 35.5. The van der Waals surface area contributed by atoms with Crippen LogP contribution >= 0.6 is 11.6 Å². The van der Waals surface area contributed by atoms with Gasteiger partial charge in [0, 0.05) is 6.07 Å². The van der Waals surface area contributed by atoms with E-state index in [-0.39, 0.29) is 17.6 Å². The lowest BCUT2D eigenvalue weighted by molar-refractivity contribution is 0.102. The van der Waals surface area contributed by atoms with Crippen molar-refractivity contribution in [3.05, 3.63) is 23.4 Å². The van der Waals surface area contributed by atoms with E-state index in [4.69, 9.17) is 11.6 Å². The Morgan fingerprint density at radius 1 is 1.69 bits per heavy atom. The van der Waals surface area contributed by atoms with Crippen LogP contribution < -0.4 is 4.74 Å². The number of carbonyl (C=O) groups excluding carboxylic acids is 1. The van der Waals surface area contributed by atoms with E-state index in [1.165, 1.54) is 12.1 Å². The molecule has 1 aromatic rings. The summed E-state index contributed by atoms with van der Waals surface area (Å²) < 4.78 is 9.18. The van der Waals surface area contributed by atoms with Crippen molar-refractivity contribution in [2.75, 3.05) is 6.61 Å². The van der Waals surface area contributed by atoms with Crippen LogP contribution in [0.25, 0.3) is 0 Å². The zero-order chi connectivity index (χ0) is 9.68. The minimum atomic E-state index is -0.800. The van der Waals surface area contributed by atoms with Crippen LogP contribution in [0.15, 0.2) is 12.1 Å². The second-order valence-electron chi connectivity index (χ2n) is 2.01. The number of carbonyl (C=O) groups is 1. The SMILES string of the molecule is CCOC(=O)Oc1c[c]cc(Cl)n1. The topological polar surface area (TPSA) is 48.4 Å². The fourth-order valence-corrected chi connectivity index (χ4v) is 0.783. The molecule has 0 amide bonds. The summed E-state index contributed by atoms with van der Waals surface area (Å²) in [5.41, 5.74) is 0. The highest BCUT2D eigenvalue weighted by Crippen LogP contribution is 2.11. The van der Waals surface area contributed by atoms with E-state index in [9.17, 15) is 4.79 Å². The average Bonchev–Trinajstić information content (AvgIpc) is 2.04. The molecule has 4 nitrogen and oxygen atoms in total. The van der Waals surface area contributed by atoms with E-state index < -0.39 is 6.16 Å². The molecule has 0 aliphatic carbocycles. The van der Waals surface area contributed by atoms with Crippen LogP contribution in [0.5, 0.6) is 5.88 Å². The molecule has 0 N–H and O–H groups in total. The van der Waals surface area contributed by atoms with Crippen molar-refractivity contribution in [1.82, 2.24) is 4.98 Å². The van der Waals surface area contributed by atoms with Gasteiger partial charge in [0.05, 0.1) is 6.61 Å². The monoisotopic (exact) mass is 200 g/mol. The van der Waals surface area contributed by atoms with Crippen molar-refractivity contribution >= 4 is 17.8 Å². The van der Waals surface area contributed by atoms with E-state index in [1.807, 2.05) is 0 Å². The van der Waals surface area contributed by atoms with E-state index in [0.717, 1.165) is 0 Å². The van der Waals surface area contributed by atoms with Crippen molar-refractivity contribution in [3.63, 3.8) is 0 Å². The Morgan fingerprint density at radius 3 is 3.08 bits per heavy atom. The number of aromatic nitrogens is 1. The predicted octanol–water partition coefficient (Wildman–Crippen LogP) is 2.07. The summed E-state index contributed by atoms with van der Waals surface area (Å²) in [5.74, 6) is 0.0750. The minimum absolute atomic E-state index is 0.0750. The van der Waals surface area contributed by atoms with Crippen LogP contribution in [0, 0.1) is 6.07 Å². The smallest absolute Gasteiger partial charge is 0.434 e. The number of hydrogen-bond donors (Lipinski definition) is 0. The van der Waals surface area contributed by atoms with Crippen LogP contribution in [-0.4, -0.2) is 17.7 Å². The van der Waals surface area contributed by atoms with Gasteiger partial charge < -0.3 is 9.47 Å². The lowest BCUT2D eigenvalue weighted by Gasteiger charge is -2.01. The van der Waals surface area contributed by atoms with Gasteiger partial charge in [0.2, 0.25) is 5.88 Å². The molecule has 0 aliphatic rings. The van der Waals surface area contributed by atoms with Crippen LogP contribution in [0.2, 0.25) is 5.15 Å². The third-order valence-corrected chi connectivity index (χ3v) is 1.27. The second kappa shape index (κ2) is 4.67. The maximum Gasteiger partial charge on any atom is 0.515 e. The molecular formula is C8H7ClNO3. The normalized spacial score (nSPS) is 9.38. The maximum absolute atomic E-state index is 10.8. The highest BCUT2D eigenvalue weighted by Gasteiger charge is 2.05. The maximum atomic E-state index is 10.8. The Balaban J connectivity index is 2.58. The number of nitrogens with zero attached hydrogens (tertiary/aromatic N) is 1. The molecule has 0 bridgehead atoms. The van der Waals surface area contributed by atoms with Gasteiger partial charge in [0.25, 0.3) is 0 Å². The minimum Gasteiger partial charge on any atom is -0.434 e. The zero-order valence-corrected chi connectivity index (χ0v) is 7.67. The van der Waals surface area contributed by atoms with E-state index in [1.54, 1.807) is 6.92 Å². The summed E-state index contributed by atoms with van der Waals surface area (Å²) in [4.78, 5) is 14.5. The molecule has 0 unspecified atom stereocenters. The molecule has 1 radical (unpaired) electrons. The fraction of sp³-hybridized carbons (Fsp3) is 0.250. The fourth-order valence-electron chi connectivity index (χ4n) is 0.637. The van der Waals surface area contributed by atoms with Crippen LogP contribution in [0.1, 0.15) is 6.92 Å². The van der Waals surface area contributed by atoms with Gasteiger partial charge in [-0.25, -0.2) is 9.78 Å². The first-order valence-electron chi connectivity index (χ1n) is 3.60. The first-order chi connectivity index (χ1) is 6.22. The largest absolute Gasteiger partial charge is 0.515 e. The van der Waals surface area contributed by atoms with E-state index >= 15 is 0 Å². The van der Waals surface area contributed by atoms with Gasteiger partial charge in [-0.05, 0) is 19.1 Å². The number of pyridine rings is 1. The molecule has 0 fully saturated rings. The van der Waals surface area contributed by atoms with Gasteiger partial charge in [-0.3, -0.25) is 0 Å². The third-order valence-electron chi connectivity index (χ3n) is 1.08. The second-order valence-corrected chi connectivity index (χ2v) is 2.40. The first-order valence-corrected chi connectivity index (χ1v) is 3.98. The Bertz CT molecular complexity index is 303. The van der Waals surface area contributed by atoms with Crippen LogP contribution in [-0.2, 0) is 4.74 Å². The molecule has 0 aliphatic heterocycles. The quantitative estimate of drug-likeness (QED) is 0.542. The Hall–Kier alpha value is -1.29. The predicted molar refractivity (Wildman–Crippen MR) is 45.7 cm³/mol. The third kappa shape index (κ3) is 3.29. The molecule has 0 atom stereocenters. The number of halogens is 1. The lowest BCUT2D eigenvalue weighted by atomic mass is 10.5. The summed E-state index contributed by atoms with van der Waals surface area (Å²) in [6, 6.07) is 5.50. The molecule has 69 valence electrons. The van der Waals surface area contributed by atoms with Gasteiger partial charge in [-0.15, -0.1) is 0 Å². The lowest BCUT2D eigenvalue weighted by Crippen LogP contribution is -2.10.